The average Bonchev–Trinajstić information content (AvgIpc) is 2.77. The summed E-state index contributed by atoms with van der Waals surface area (Å²) in [5, 5.41) is 11.4. The van der Waals surface area contributed by atoms with E-state index in [2.05, 4.69) is 31.1 Å². The van der Waals surface area contributed by atoms with Gasteiger partial charge in [-0.05, 0) is 95.9 Å². The molecule has 0 aliphatic carbocycles. The highest BCUT2D eigenvalue weighted by atomic mass is 16.2. The van der Waals surface area contributed by atoms with Gasteiger partial charge in [0.25, 0.3) is 0 Å². The minimum atomic E-state index is -0.189. The maximum absolute atomic E-state index is 12.0. The first-order valence-corrected chi connectivity index (χ1v) is 11.4. The molecule has 2 aromatic rings. The van der Waals surface area contributed by atoms with Crippen molar-refractivity contribution in [3.63, 3.8) is 0 Å². The molecular weight excluding hydrogens is 416 g/mol. The van der Waals surface area contributed by atoms with Gasteiger partial charge in [0.15, 0.2) is 0 Å². The molecular formula is C25H38N6O2. The fraction of sp³-hybridized carbons (Fsp3) is 0.440. The summed E-state index contributed by atoms with van der Waals surface area (Å²) in [5.41, 5.74) is 3.82. The molecule has 4 amide bonds. The van der Waals surface area contributed by atoms with Crippen LogP contribution in [0, 0.1) is 0 Å². The lowest BCUT2D eigenvalue weighted by Gasteiger charge is -2.11. The second kappa shape index (κ2) is 14.1. The van der Waals surface area contributed by atoms with E-state index >= 15 is 0 Å². The molecule has 0 saturated carbocycles. The fourth-order valence-corrected chi connectivity index (χ4v) is 3.19. The summed E-state index contributed by atoms with van der Waals surface area (Å²) in [6, 6.07) is 15.3. The number of hydrogen-bond donors (Lipinski definition) is 4. The van der Waals surface area contributed by atoms with Crippen molar-refractivity contribution in [1.82, 2.24) is 20.4 Å². The van der Waals surface area contributed by atoms with Crippen LogP contribution in [-0.2, 0) is 6.42 Å². The lowest BCUT2D eigenvalue weighted by Crippen LogP contribution is -2.31. The third-order valence-electron chi connectivity index (χ3n) is 4.97. The number of urea groups is 2. The lowest BCUT2D eigenvalue weighted by atomic mass is 10.0. The highest BCUT2D eigenvalue weighted by Crippen LogP contribution is 2.16. The molecule has 4 N–H and O–H groups in total. The minimum absolute atomic E-state index is 0.189. The number of anilines is 2. The second-order valence-corrected chi connectivity index (χ2v) is 8.65. The Labute approximate surface area is 197 Å². The smallest absolute Gasteiger partial charge is 0.319 e. The summed E-state index contributed by atoms with van der Waals surface area (Å²) in [4.78, 5) is 28.1. The van der Waals surface area contributed by atoms with E-state index in [4.69, 9.17) is 0 Å². The van der Waals surface area contributed by atoms with Crippen molar-refractivity contribution in [2.24, 2.45) is 0 Å². The van der Waals surface area contributed by atoms with E-state index in [-0.39, 0.29) is 12.1 Å². The molecule has 8 heteroatoms. The Bertz CT molecular complexity index is 779. The van der Waals surface area contributed by atoms with Crippen molar-refractivity contribution in [1.29, 1.82) is 0 Å². The van der Waals surface area contributed by atoms with Gasteiger partial charge in [-0.1, -0.05) is 24.3 Å². The maximum Gasteiger partial charge on any atom is 0.319 e. The topological polar surface area (TPSA) is 88.7 Å². The first kappa shape index (κ1) is 26.2. The highest BCUT2D eigenvalue weighted by Gasteiger charge is 2.04. The van der Waals surface area contributed by atoms with E-state index in [0.29, 0.717) is 13.1 Å². The summed E-state index contributed by atoms with van der Waals surface area (Å²) < 4.78 is 0. The van der Waals surface area contributed by atoms with Crippen LogP contribution >= 0.6 is 0 Å². The SMILES string of the molecule is CN(C)CCCNC(=O)Nc1ccc(Cc2ccc(NC(=O)NCCCN(C)C)cc2)cc1. The third kappa shape index (κ3) is 11.4. The molecule has 0 saturated heterocycles. The van der Waals surface area contributed by atoms with Crippen molar-refractivity contribution >= 4 is 23.4 Å². The van der Waals surface area contributed by atoms with Gasteiger partial charge < -0.3 is 31.1 Å². The van der Waals surface area contributed by atoms with Crippen LogP contribution in [0.4, 0.5) is 21.0 Å². The molecule has 0 atom stereocenters. The van der Waals surface area contributed by atoms with E-state index < -0.39 is 0 Å². The summed E-state index contributed by atoms with van der Waals surface area (Å²) in [5.74, 6) is 0. The Hall–Kier alpha value is -3.10. The summed E-state index contributed by atoms with van der Waals surface area (Å²) in [6.45, 7) is 3.17. The molecule has 0 heterocycles. The molecule has 0 aliphatic rings. The van der Waals surface area contributed by atoms with Crippen LogP contribution in [-0.4, -0.2) is 76.2 Å². The monoisotopic (exact) mass is 454 g/mol. The molecule has 0 radical (unpaired) electrons. The van der Waals surface area contributed by atoms with Crippen LogP contribution in [0.25, 0.3) is 0 Å². The first-order valence-electron chi connectivity index (χ1n) is 11.4. The standard InChI is InChI=1S/C25H38N6O2/c1-30(2)17-5-15-26-24(32)28-22-11-7-20(8-12-22)19-21-9-13-23(14-10-21)29-25(33)27-16-6-18-31(3)4/h7-14H,5-6,15-19H2,1-4H3,(H2,26,28,32)(H2,27,29,33). The van der Waals surface area contributed by atoms with Gasteiger partial charge >= 0.3 is 12.1 Å². The van der Waals surface area contributed by atoms with Crippen molar-refractivity contribution < 1.29 is 9.59 Å². The number of carbonyl (C=O) groups excluding carboxylic acids is 2. The van der Waals surface area contributed by atoms with E-state index in [9.17, 15) is 9.59 Å². The predicted molar refractivity (Wildman–Crippen MR) is 136 cm³/mol. The Morgan fingerprint density at radius 2 is 1.00 bits per heavy atom. The summed E-state index contributed by atoms with van der Waals surface area (Å²) in [6.07, 6.45) is 2.60. The third-order valence-corrected chi connectivity index (χ3v) is 4.97. The molecule has 0 spiro atoms. The molecule has 0 bridgehead atoms. The quantitative estimate of drug-likeness (QED) is 0.370. The Morgan fingerprint density at radius 1 is 0.636 bits per heavy atom. The maximum atomic E-state index is 12.0. The van der Waals surface area contributed by atoms with Gasteiger partial charge in [0.2, 0.25) is 0 Å². The van der Waals surface area contributed by atoms with Crippen LogP contribution < -0.4 is 21.3 Å². The Kier molecular flexibility index (Phi) is 11.2. The van der Waals surface area contributed by atoms with E-state index in [1.54, 1.807) is 0 Å². The van der Waals surface area contributed by atoms with Gasteiger partial charge in [-0.25, -0.2) is 9.59 Å². The van der Waals surface area contributed by atoms with E-state index in [0.717, 1.165) is 54.9 Å². The number of benzene rings is 2. The highest BCUT2D eigenvalue weighted by molar-refractivity contribution is 5.89. The van der Waals surface area contributed by atoms with Crippen LogP contribution in [0.5, 0.6) is 0 Å². The number of amides is 4. The number of nitrogens with zero attached hydrogens (tertiary/aromatic N) is 2. The van der Waals surface area contributed by atoms with Gasteiger partial charge in [-0.3, -0.25) is 0 Å². The zero-order valence-corrected chi connectivity index (χ0v) is 20.3. The largest absolute Gasteiger partial charge is 0.338 e. The van der Waals surface area contributed by atoms with Gasteiger partial charge in [0.1, 0.15) is 0 Å². The fourth-order valence-electron chi connectivity index (χ4n) is 3.19. The van der Waals surface area contributed by atoms with Gasteiger partial charge in [-0.15, -0.1) is 0 Å². The molecule has 180 valence electrons. The number of carbonyl (C=O) groups is 2. The van der Waals surface area contributed by atoms with Crippen molar-refractivity contribution in [2.75, 3.05) is 65.0 Å². The number of nitrogens with one attached hydrogen (secondary N) is 4. The predicted octanol–water partition coefficient (Wildman–Crippen LogP) is 3.42. The van der Waals surface area contributed by atoms with Gasteiger partial charge in [0, 0.05) is 24.5 Å². The summed E-state index contributed by atoms with van der Waals surface area (Å²) in [7, 11) is 8.06. The van der Waals surface area contributed by atoms with Gasteiger partial charge in [0.05, 0.1) is 0 Å². The summed E-state index contributed by atoms with van der Waals surface area (Å²) >= 11 is 0. The molecule has 8 nitrogen and oxygen atoms in total. The zero-order valence-electron chi connectivity index (χ0n) is 20.3. The molecule has 0 unspecified atom stereocenters. The average molecular weight is 455 g/mol. The van der Waals surface area contributed by atoms with Crippen molar-refractivity contribution in [3.05, 3.63) is 59.7 Å². The zero-order chi connectivity index (χ0) is 24.1. The van der Waals surface area contributed by atoms with Crippen molar-refractivity contribution in [2.45, 2.75) is 19.3 Å². The molecule has 33 heavy (non-hydrogen) atoms. The molecule has 2 rings (SSSR count). The normalized spacial score (nSPS) is 10.8. The van der Waals surface area contributed by atoms with Gasteiger partial charge in [-0.2, -0.15) is 0 Å². The molecule has 0 aliphatic heterocycles. The van der Waals surface area contributed by atoms with Crippen LogP contribution in [0.3, 0.4) is 0 Å². The lowest BCUT2D eigenvalue weighted by molar-refractivity contribution is 0.250. The molecule has 0 fully saturated rings. The first-order chi connectivity index (χ1) is 15.8. The molecule has 2 aromatic carbocycles. The van der Waals surface area contributed by atoms with E-state index in [1.165, 1.54) is 0 Å². The number of hydrogen-bond acceptors (Lipinski definition) is 4. The number of rotatable bonds is 12. The minimum Gasteiger partial charge on any atom is -0.338 e. The van der Waals surface area contributed by atoms with E-state index in [1.807, 2.05) is 76.7 Å². The molecule has 0 aromatic heterocycles. The Morgan fingerprint density at radius 3 is 1.33 bits per heavy atom. The van der Waals surface area contributed by atoms with Crippen molar-refractivity contribution in [3.8, 4) is 0 Å². The van der Waals surface area contributed by atoms with Crippen LogP contribution in [0.1, 0.15) is 24.0 Å². The van der Waals surface area contributed by atoms with Crippen LogP contribution in [0.15, 0.2) is 48.5 Å². The van der Waals surface area contributed by atoms with Crippen LogP contribution in [0.2, 0.25) is 0 Å². The Balaban J connectivity index is 1.73. The second-order valence-electron chi connectivity index (χ2n) is 8.65.